The van der Waals surface area contributed by atoms with E-state index < -0.39 is 6.04 Å². The van der Waals surface area contributed by atoms with Gasteiger partial charge in [-0.05, 0) is 19.2 Å². The van der Waals surface area contributed by atoms with E-state index in [9.17, 15) is 5.11 Å². The number of hydrogen-bond acceptors (Lipinski definition) is 5. The van der Waals surface area contributed by atoms with Crippen molar-refractivity contribution in [3.63, 3.8) is 0 Å². The highest BCUT2D eigenvalue weighted by Gasteiger charge is 2.28. The summed E-state index contributed by atoms with van der Waals surface area (Å²) in [6.45, 7) is 1.63. The minimum atomic E-state index is -0.487. The maximum absolute atomic E-state index is 9.27. The molecule has 0 aliphatic carbocycles. The third-order valence-corrected chi connectivity index (χ3v) is 3.64. The van der Waals surface area contributed by atoms with Crippen LogP contribution >= 0.6 is 15.9 Å². The van der Waals surface area contributed by atoms with Gasteiger partial charge in [-0.15, -0.1) is 0 Å². The van der Waals surface area contributed by atoms with Gasteiger partial charge in [-0.3, -0.25) is 4.90 Å². The standard InChI is InChI=1S/C13H19BrN2O3/c1-16-5-9(6-16)19-13-10(11(15)7-17)3-8(14)4-12(13)18-2/h3-4,9,11,17H,5-7,15H2,1-2H3. The molecule has 6 heteroatoms. The number of nitrogens with two attached hydrogens (primary N) is 1. The van der Waals surface area contributed by atoms with Gasteiger partial charge in [0.25, 0.3) is 0 Å². The Morgan fingerprint density at radius 3 is 2.74 bits per heavy atom. The molecule has 0 spiro atoms. The van der Waals surface area contributed by atoms with E-state index in [1.165, 1.54) is 0 Å². The first-order chi connectivity index (χ1) is 9.05. The fraction of sp³-hybridized carbons (Fsp3) is 0.538. The molecule has 2 rings (SSSR count). The average molecular weight is 331 g/mol. The highest BCUT2D eigenvalue weighted by molar-refractivity contribution is 9.10. The minimum absolute atomic E-state index is 0.138. The Bertz CT molecular complexity index is 450. The van der Waals surface area contributed by atoms with E-state index in [1.807, 2.05) is 19.2 Å². The van der Waals surface area contributed by atoms with Gasteiger partial charge in [0, 0.05) is 23.1 Å². The van der Waals surface area contributed by atoms with Gasteiger partial charge in [-0.25, -0.2) is 0 Å². The number of benzene rings is 1. The second-order valence-corrected chi connectivity index (χ2v) is 5.69. The molecule has 1 aromatic carbocycles. The number of likely N-dealkylation sites (tertiary alicyclic amines) is 1. The molecular weight excluding hydrogens is 312 g/mol. The second kappa shape index (κ2) is 6.09. The van der Waals surface area contributed by atoms with Crippen molar-refractivity contribution >= 4 is 15.9 Å². The topological polar surface area (TPSA) is 68.0 Å². The molecule has 0 bridgehead atoms. The molecule has 1 atom stereocenters. The van der Waals surface area contributed by atoms with E-state index in [0.717, 1.165) is 23.1 Å². The van der Waals surface area contributed by atoms with Gasteiger partial charge in [-0.1, -0.05) is 15.9 Å². The lowest BCUT2D eigenvalue weighted by atomic mass is 10.1. The zero-order chi connectivity index (χ0) is 14.0. The molecule has 5 nitrogen and oxygen atoms in total. The SMILES string of the molecule is COc1cc(Br)cc(C(N)CO)c1OC1CN(C)C1. The molecule has 1 aliphatic heterocycles. The predicted octanol–water partition coefficient (Wildman–Crippen LogP) is 1.14. The summed E-state index contributed by atoms with van der Waals surface area (Å²) in [5, 5.41) is 9.27. The fourth-order valence-corrected chi connectivity index (χ4v) is 2.58. The summed E-state index contributed by atoms with van der Waals surface area (Å²) < 4.78 is 12.2. The predicted molar refractivity (Wildman–Crippen MR) is 76.6 cm³/mol. The lowest BCUT2D eigenvalue weighted by Gasteiger charge is -2.37. The minimum Gasteiger partial charge on any atom is -0.493 e. The number of ether oxygens (including phenoxy) is 2. The molecule has 0 saturated carbocycles. The number of rotatable bonds is 5. The Morgan fingerprint density at radius 1 is 1.53 bits per heavy atom. The number of methoxy groups -OCH3 is 1. The maximum atomic E-state index is 9.27. The first-order valence-electron chi connectivity index (χ1n) is 6.14. The molecule has 1 aliphatic rings. The van der Waals surface area contributed by atoms with Crippen molar-refractivity contribution in [3.05, 3.63) is 22.2 Å². The van der Waals surface area contributed by atoms with Crippen molar-refractivity contribution in [3.8, 4) is 11.5 Å². The van der Waals surface area contributed by atoms with Crippen LogP contribution in [0.3, 0.4) is 0 Å². The molecule has 1 heterocycles. The summed E-state index contributed by atoms with van der Waals surface area (Å²) in [6.07, 6.45) is 0.143. The van der Waals surface area contributed by atoms with Crippen LogP contribution in [0.4, 0.5) is 0 Å². The highest BCUT2D eigenvalue weighted by Crippen LogP contribution is 2.38. The summed E-state index contributed by atoms with van der Waals surface area (Å²) in [5.41, 5.74) is 6.69. The van der Waals surface area contributed by atoms with Crippen LogP contribution in [0.5, 0.6) is 11.5 Å². The summed E-state index contributed by atoms with van der Waals surface area (Å²) in [6, 6.07) is 3.21. The normalized spacial score (nSPS) is 17.9. The van der Waals surface area contributed by atoms with E-state index in [-0.39, 0.29) is 12.7 Å². The van der Waals surface area contributed by atoms with Crippen molar-refractivity contribution in [2.24, 2.45) is 5.73 Å². The van der Waals surface area contributed by atoms with Crippen LogP contribution in [0.25, 0.3) is 0 Å². The van der Waals surface area contributed by atoms with Crippen molar-refractivity contribution in [1.82, 2.24) is 4.90 Å². The number of halogens is 1. The Kier molecular flexibility index (Phi) is 4.67. The van der Waals surface area contributed by atoms with Crippen LogP contribution in [0.15, 0.2) is 16.6 Å². The van der Waals surface area contributed by atoms with Crippen molar-refractivity contribution in [2.75, 3.05) is 33.9 Å². The summed E-state index contributed by atoms with van der Waals surface area (Å²) >= 11 is 3.41. The third kappa shape index (κ3) is 3.20. The Morgan fingerprint density at radius 2 is 2.21 bits per heavy atom. The summed E-state index contributed by atoms with van der Waals surface area (Å²) in [5.74, 6) is 1.26. The first kappa shape index (κ1) is 14.6. The fourth-order valence-electron chi connectivity index (χ4n) is 2.12. The monoisotopic (exact) mass is 330 g/mol. The van der Waals surface area contributed by atoms with E-state index in [1.54, 1.807) is 7.11 Å². The molecule has 1 unspecified atom stereocenters. The molecular formula is C13H19BrN2O3. The van der Waals surface area contributed by atoms with Crippen molar-refractivity contribution < 1.29 is 14.6 Å². The van der Waals surface area contributed by atoms with E-state index in [4.69, 9.17) is 15.2 Å². The molecule has 1 fully saturated rings. The largest absolute Gasteiger partial charge is 0.493 e. The second-order valence-electron chi connectivity index (χ2n) is 4.78. The van der Waals surface area contributed by atoms with Gasteiger partial charge in [0.15, 0.2) is 11.5 Å². The van der Waals surface area contributed by atoms with Crippen molar-refractivity contribution in [2.45, 2.75) is 12.1 Å². The van der Waals surface area contributed by atoms with Gasteiger partial charge < -0.3 is 20.3 Å². The number of aliphatic hydroxyl groups excluding tert-OH is 1. The molecule has 1 aromatic rings. The molecule has 19 heavy (non-hydrogen) atoms. The number of hydrogen-bond donors (Lipinski definition) is 2. The van der Waals surface area contributed by atoms with Crippen LogP contribution in [-0.2, 0) is 0 Å². The zero-order valence-electron chi connectivity index (χ0n) is 11.1. The quantitative estimate of drug-likeness (QED) is 0.847. The van der Waals surface area contributed by atoms with Gasteiger partial charge in [0.2, 0.25) is 0 Å². The van der Waals surface area contributed by atoms with Gasteiger partial charge in [0.05, 0.1) is 19.8 Å². The number of nitrogens with zero attached hydrogens (tertiary/aromatic N) is 1. The highest BCUT2D eigenvalue weighted by atomic mass is 79.9. The van der Waals surface area contributed by atoms with Gasteiger partial charge in [0.1, 0.15) is 6.10 Å². The first-order valence-corrected chi connectivity index (χ1v) is 6.93. The lowest BCUT2D eigenvalue weighted by Crippen LogP contribution is -2.51. The van der Waals surface area contributed by atoms with Crippen LogP contribution < -0.4 is 15.2 Å². The van der Waals surface area contributed by atoms with Crippen LogP contribution in [0.2, 0.25) is 0 Å². The van der Waals surface area contributed by atoms with Crippen LogP contribution in [0, 0.1) is 0 Å². The molecule has 0 radical (unpaired) electrons. The van der Waals surface area contributed by atoms with Crippen LogP contribution in [0.1, 0.15) is 11.6 Å². The molecule has 1 saturated heterocycles. The third-order valence-electron chi connectivity index (χ3n) is 3.18. The number of likely N-dealkylation sites (N-methyl/N-ethyl adjacent to an activating group) is 1. The molecule has 0 aromatic heterocycles. The average Bonchev–Trinajstić information content (AvgIpc) is 2.37. The maximum Gasteiger partial charge on any atom is 0.166 e. The summed E-state index contributed by atoms with van der Waals surface area (Å²) in [4.78, 5) is 2.17. The molecule has 3 N–H and O–H groups in total. The number of aliphatic hydroxyl groups is 1. The summed E-state index contributed by atoms with van der Waals surface area (Å²) in [7, 11) is 3.63. The zero-order valence-corrected chi connectivity index (χ0v) is 12.7. The van der Waals surface area contributed by atoms with E-state index in [2.05, 4.69) is 20.8 Å². The Balaban J connectivity index is 2.31. The Labute approximate surface area is 121 Å². The van der Waals surface area contributed by atoms with E-state index in [0.29, 0.717) is 11.5 Å². The van der Waals surface area contributed by atoms with Crippen molar-refractivity contribution in [1.29, 1.82) is 0 Å². The molecule has 0 amide bonds. The van der Waals surface area contributed by atoms with Gasteiger partial charge >= 0.3 is 0 Å². The Hall–Kier alpha value is -0.820. The lowest BCUT2D eigenvalue weighted by molar-refractivity contribution is 0.0357. The smallest absolute Gasteiger partial charge is 0.166 e. The van der Waals surface area contributed by atoms with Crippen LogP contribution in [-0.4, -0.2) is 50.0 Å². The van der Waals surface area contributed by atoms with Gasteiger partial charge in [-0.2, -0.15) is 0 Å². The molecule has 106 valence electrons. The van der Waals surface area contributed by atoms with E-state index >= 15 is 0 Å².